The van der Waals surface area contributed by atoms with Crippen LogP contribution in [0, 0.1) is 5.82 Å². The molecule has 0 radical (unpaired) electrons. The van der Waals surface area contributed by atoms with Gasteiger partial charge in [0.25, 0.3) is 0 Å². The second-order valence-electron chi connectivity index (χ2n) is 6.41. The van der Waals surface area contributed by atoms with Crippen molar-refractivity contribution in [2.24, 2.45) is 5.90 Å². The molecule has 21 heavy (non-hydrogen) atoms. The summed E-state index contributed by atoms with van der Waals surface area (Å²) in [6, 6.07) is 4.25. The predicted octanol–water partition coefficient (Wildman–Crippen LogP) is 3.09. The fourth-order valence-corrected chi connectivity index (χ4v) is 2.28. The maximum Gasteiger partial charge on any atom is 0.412 e. The third-order valence-corrected chi connectivity index (χ3v) is 3.40. The second-order valence-corrected chi connectivity index (χ2v) is 6.41. The lowest BCUT2D eigenvalue weighted by Crippen LogP contribution is -2.28. The van der Waals surface area contributed by atoms with Crippen LogP contribution in [-0.4, -0.2) is 18.3 Å². The molecule has 1 saturated carbocycles. The Kier molecular flexibility index (Phi) is 4.20. The third-order valence-electron chi connectivity index (χ3n) is 3.40. The van der Waals surface area contributed by atoms with Crippen molar-refractivity contribution >= 4 is 11.8 Å². The van der Waals surface area contributed by atoms with E-state index in [1.54, 1.807) is 20.8 Å². The van der Waals surface area contributed by atoms with Gasteiger partial charge in [-0.25, -0.2) is 15.1 Å². The van der Waals surface area contributed by atoms with Gasteiger partial charge in [-0.05, 0) is 57.4 Å². The van der Waals surface area contributed by atoms with E-state index < -0.39 is 11.7 Å². The number of hydrogen-bond donors (Lipinski definition) is 2. The van der Waals surface area contributed by atoms with Crippen molar-refractivity contribution in [1.29, 1.82) is 0 Å². The minimum Gasteiger partial charge on any atom is -0.444 e. The number of amides is 1. The zero-order valence-corrected chi connectivity index (χ0v) is 12.5. The number of anilines is 1. The van der Waals surface area contributed by atoms with Crippen LogP contribution in [0.25, 0.3) is 0 Å². The van der Waals surface area contributed by atoms with Crippen LogP contribution in [-0.2, 0) is 15.0 Å². The molecule has 0 aliphatic heterocycles. The van der Waals surface area contributed by atoms with Crippen molar-refractivity contribution in [3.63, 3.8) is 0 Å². The van der Waals surface area contributed by atoms with E-state index >= 15 is 0 Å². The lowest BCUT2D eigenvalue weighted by atomic mass is 9.95. The van der Waals surface area contributed by atoms with E-state index in [4.69, 9.17) is 15.5 Å². The number of benzene rings is 1. The summed E-state index contributed by atoms with van der Waals surface area (Å²) >= 11 is 0. The van der Waals surface area contributed by atoms with Crippen LogP contribution in [0.2, 0.25) is 0 Å². The van der Waals surface area contributed by atoms with Crippen molar-refractivity contribution in [2.75, 3.05) is 11.9 Å². The van der Waals surface area contributed by atoms with E-state index in [2.05, 4.69) is 5.32 Å². The molecule has 1 aromatic rings. The molecule has 1 aliphatic carbocycles. The summed E-state index contributed by atoms with van der Waals surface area (Å²) < 4.78 is 18.8. The van der Waals surface area contributed by atoms with Crippen LogP contribution in [0.1, 0.15) is 39.2 Å². The molecule has 0 unspecified atom stereocenters. The highest BCUT2D eigenvalue weighted by Crippen LogP contribution is 2.50. The number of rotatable bonds is 4. The van der Waals surface area contributed by atoms with Crippen molar-refractivity contribution in [2.45, 2.75) is 44.6 Å². The van der Waals surface area contributed by atoms with Gasteiger partial charge < -0.3 is 9.57 Å². The van der Waals surface area contributed by atoms with Crippen molar-refractivity contribution in [1.82, 2.24) is 0 Å². The molecular weight excluding hydrogens is 275 g/mol. The van der Waals surface area contributed by atoms with Crippen molar-refractivity contribution in [3.8, 4) is 0 Å². The Balaban J connectivity index is 2.22. The Labute approximate surface area is 123 Å². The summed E-state index contributed by atoms with van der Waals surface area (Å²) in [5.41, 5.74) is 0.308. The molecule has 0 heterocycles. The maximum absolute atomic E-state index is 13.5. The van der Waals surface area contributed by atoms with Gasteiger partial charge in [-0.1, -0.05) is 0 Å². The van der Waals surface area contributed by atoms with Gasteiger partial charge in [0.05, 0.1) is 6.61 Å². The fourth-order valence-electron chi connectivity index (χ4n) is 2.28. The first-order valence-electron chi connectivity index (χ1n) is 6.87. The molecule has 0 saturated heterocycles. The molecule has 0 spiro atoms. The molecule has 0 bridgehead atoms. The van der Waals surface area contributed by atoms with Gasteiger partial charge in [0.15, 0.2) is 0 Å². The Morgan fingerprint density at radius 3 is 2.62 bits per heavy atom. The highest BCUT2D eigenvalue weighted by Gasteiger charge is 2.46. The molecule has 0 atom stereocenters. The van der Waals surface area contributed by atoms with Gasteiger partial charge in [0.2, 0.25) is 0 Å². The van der Waals surface area contributed by atoms with E-state index in [-0.39, 0.29) is 11.2 Å². The van der Waals surface area contributed by atoms with Crippen LogP contribution >= 0.6 is 0 Å². The van der Waals surface area contributed by atoms with Crippen LogP contribution in [0.15, 0.2) is 18.2 Å². The Morgan fingerprint density at radius 1 is 1.43 bits per heavy atom. The van der Waals surface area contributed by atoms with Gasteiger partial charge in [-0.3, -0.25) is 5.32 Å². The van der Waals surface area contributed by atoms with Gasteiger partial charge in [0, 0.05) is 11.1 Å². The van der Waals surface area contributed by atoms with Gasteiger partial charge in [-0.15, -0.1) is 0 Å². The van der Waals surface area contributed by atoms with E-state index in [1.165, 1.54) is 18.2 Å². The predicted molar refractivity (Wildman–Crippen MR) is 77.3 cm³/mol. The summed E-state index contributed by atoms with van der Waals surface area (Å²) in [6.07, 6.45) is 1.12. The van der Waals surface area contributed by atoms with E-state index in [9.17, 15) is 9.18 Å². The third kappa shape index (κ3) is 3.92. The minimum absolute atomic E-state index is 0.291. The highest BCUT2D eigenvalue weighted by molar-refractivity contribution is 5.86. The van der Waals surface area contributed by atoms with E-state index in [0.29, 0.717) is 17.9 Å². The molecule has 1 aliphatic rings. The number of halogens is 1. The van der Waals surface area contributed by atoms with E-state index in [1.807, 2.05) is 0 Å². The normalized spacial score (nSPS) is 16.4. The summed E-state index contributed by atoms with van der Waals surface area (Å²) in [6.45, 7) is 5.63. The summed E-state index contributed by atoms with van der Waals surface area (Å²) in [7, 11) is 0. The topological polar surface area (TPSA) is 73.6 Å². The Hall–Kier alpha value is -1.66. The van der Waals surface area contributed by atoms with Crippen LogP contribution in [0.4, 0.5) is 14.9 Å². The average Bonchev–Trinajstić information content (AvgIpc) is 3.10. The van der Waals surface area contributed by atoms with Crippen LogP contribution < -0.4 is 11.2 Å². The van der Waals surface area contributed by atoms with Gasteiger partial charge >= 0.3 is 6.09 Å². The first kappa shape index (κ1) is 15.7. The lowest BCUT2D eigenvalue weighted by Gasteiger charge is -2.22. The average molecular weight is 296 g/mol. The molecule has 1 aromatic carbocycles. The Bertz CT molecular complexity index is 536. The molecular formula is C15H21FN2O3. The van der Waals surface area contributed by atoms with Gasteiger partial charge in [-0.2, -0.15) is 0 Å². The first-order chi connectivity index (χ1) is 9.76. The molecule has 1 amide bonds. The zero-order valence-electron chi connectivity index (χ0n) is 12.5. The van der Waals surface area contributed by atoms with Crippen LogP contribution in [0.5, 0.6) is 0 Å². The Morgan fingerprint density at radius 2 is 2.10 bits per heavy atom. The molecule has 5 nitrogen and oxygen atoms in total. The first-order valence-corrected chi connectivity index (χ1v) is 6.87. The van der Waals surface area contributed by atoms with Crippen LogP contribution in [0.3, 0.4) is 0 Å². The molecule has 3 N–H and O–H groups in total. The largest absolute Gasteiger partial charge is 0.444 e. The SMILES string of the molecule is CC(C)(C)OC(=O)Nc1ccc(F)cc1C1(CON)CC1. The molecule has 2 rings (SSSR count). The highest BCUT2D eigenvalue weighted by atomic mass is 19.1. The number of hydrogen-bond acceptors (Lipinski definition) is 4. The van der Waals surface area contributed by atoms with E-state index in [0.717, 1.165) is 12.8 Å². The second kappa shape index (κ2) is 5.61. The summed E-state index contributed by atoms with van der Waals surface area (Å²) in [5.74, 6) is 4.80. The monoisotopic (exact) mass is 296 g/mol. The van der Waals surface area contributed by atoms with Crippen molar-refractivity contribution < 1.29 is 18.8 Å². The number of carbonyl (C=O) groups is 1. The lowest BCUT2D eigenvalue weighted by molar-refractivity contribution is 0.0635. The molecule has 0 aromatic heterocycles. The van der Waals surface area contributed by atoms with Gasteiger partial charge in [0.1, 0.15) is 11.4 Å². The summed E-state index contributed by atoms with van der Waals surface area (Å²) in [5, 5.41) is 2.67. The van der Waals surface area contributed by atoms with Crippen molar-refractivity contribution in [3.05, 3.63) is 29.6 Å². The zero-order chi connectivity index (χ0) is 15.7. The number of nitrogens with two attached hydrogens (primary N) is 1. The molecule has 1 fully saturated rings. The quantitative estimate of drug-likeness (QED) is 0.837. The number of carbonyl (C=O) groups excluding carboxylic acids is 1. The number of ether oxygens (including phenoxy) is 1. The molecule has 6 heteroatoms. The standard InChI is InChI=1S/C15H21FN2O3/c1-14(2,3)21-13(19)18-12-5-4-10(16)8-11(12)15(6-7-15)9-20-17/h4-5,8H,6-7,9,17H2,1-3H3,(H,18,19). The fraction of sp³-hybridized carbons (Fsp3) is 0.533. The molecule has 116 valence electrons. The number of nitrogens with one attached hydrogen (secondary N) is 1. The minimum atomic E-state index is -0.595. The summed E-state index contributed by atoms with van der Waals surface area (Å²) in [4.78, 5) is 16.6. The maximum atomic E-state index is 13.5. The smallest absolute Gasteiger partial charge is 0.412 e.